The zero-order chi connectivity index (χ0) is 46.7. The number of hydrogen-bond acceptors (Lipinski definition) is 2. The third-order valence-corrected chi connectivity index (χ3v) is 15.5. The third kappa shape index (κ3) is 6.07. The van der Waals surface area contributed by atoms with E-state index in [9.17, 15) is 0 Å². The van der Waals surface area contributed by atoms with Crippen LogP contribution in [0.25, 0.3) is 104 Å². The fourth-order valence-electron chi connectivity index (χ4n) is 12.1. The molecule has 0 fully saturated rings. The lowest BCUT2D eigenvalue weighted by molar-refractivity contribution is 0.695. The molecule has 13 aromatic rings. The van der Waals surface area contributed by atoms with Crippen LogP contribution in [-0.4, -0.2) is 15.0 Å². The van der Waals surface area contributed by atoms with Gasteiger partial charge in [0.15, 0.2) is 6.17 Å². The summed E-state index contributed by atoms with van der Waals surface area (Å²) in [6.45, 7) is 2.33. The van der Waals surface area contributed by atoms with Gasteiger partial charge in [-0.05, 0) is 128 Å². The summed E-state index contributed by atoms with van der Waals surface area (Å²) in [5.41, 5.74) is 13.1. The van der Waals surface area contributed by atoms with Crippen LogP contribution in [0.3, 0.4) is 0 Å². The van der Waals surface area contributed by atoms with Crippen LogP contribution in [0.1, 0.15) is 36.2 Å². The minimum absolute atomic E-state index is 0.226. The SMILES string of the molecule is CC1CC=CC=C1c1cccc(N2C(c3ccc4ccccc4c3)=NC2c2ccc(-n3c4ccc(-n5c6ccccc6c6c7ccccc7ccc65)cc4c4cc5ccccc5cc43)c3ccccc23)c1. The first-order valence-electron chi connectivity index (χ1n) is 24.9. The molecule has 1 aliphatic heterocycles. The largest absolute Gasteiger partial charge is 0.309 e. The van der Waals surface area contributed by atoms with Crippen LogP contribution in [0.2, 0.25) is 0 Å². The van der Waals surface area contributed by atoms with Gasteiger partial charge >= 0.3 is 0 Å². The second kappa shape index (κ2) is 15.5. The van der Waals surface area contributed by atoms with Crippen LogP contribution >= 0.6 is 0 Å². The number of hydrogen-bond donors (Lipinski definition) is 0. The summed E-state index contributed by atoms with van der Waals surface area (Å²) in [5, 5.41) is 14.8. The van der Waals surface area contributed by atoms with Crippen LogP contribution in [0.4, 0.5) is 5.69 Å². The summed E-state index contributed by atoms with van der Waals surface area (Å²) in [7, 11) is 0. The number of aromatic nitrogens is 2. The van der Waals surface area contributed by atoms with Crippen molar-refractivity contribution in [2.24, 2.45) is 10.9 Å². The van der Waals surface area contributed by atoms with Gasteiger partial charge in [0.1, 0.15) is 5.84 Å². The number of nitrogens with zero attached hydrogens (tertiary/aromatic N) is 4. The van der Waals surface area contributed by atoms with Gasteiger partial charge in [-0.25, -0.2) is 4.99 Å². The number of fused-ring (bicyclic) bond motifs is 11. The van der Waals surface area contributed by atoms with Crippen molar-refractivity contribution < 1.29 is 0 Å². The van der Waals surface area contributed by atoms with Gasteiger partial charge in [0.2, 0.25) is 0 Å². The van der Waals surface area contributed by atoms with E-state index >= 15 is 0 Å². The minimum Gasteiger partial charge on any atom is -0.309 e. The van der Waals surface area contributed by atoms with E-state index in [-0.39, 0.29) is 6.17 Å². The molecular weight excluding hydrogens is 861 g/mol. The molecule has 0 amide bonds. The number of allylic oxidation sites excluding steroid dienone is 4. The fourth-order valence-corrected chi connectivity index (χ4v) is 12.1. The molecule has 3 heterocycles. The maximum absolute atomic E-state index is 5.56. The molecule has 2 aliphatic rings. The quantitative estimate of drug-likeness (QED) is 0.163. The van der Waals surface area contributed by atoms with Gasteiger partial charge in [0, 0.05) is 49.4 Å². The first-order valence-corrected chi connectivity index (χ1v) is 24.9. The summed E-state index contributed by atoms with van der Waals surface area (Å²) in [5.74, 6) is 1.44. The van der Waals surface area contributed by atoms with Crippen molar-refractivity contribution in [2.75, 3.05) is 4.90 Å². The first kappa shape index (κ1) is 40.0. The molecule has 0 spiro atoms. The standard InChI is InChI=1S/C67H46N4/c1-42-15-2-8-23-52(42)48-21-14-22-50(38-48)70-66(49-30-29-43-16-3-4-18-45(43)37-49)68-67(70)56-33-36-61(55-26-11-10-25-54(55)56)71-62-35-32-51(41-59(62)58-39-46-19-5-6-20-47(46)40-64(58)71)69-60-28-13-12-27-57(60)65-53-24-9-7-17-44(53)31-34-63(65)69/h2-14,16-42,67H,15H2,1H3. The Balaban J connectivity index is 0.929. The van der Waals surface area contributed by atoms with E-state index in [1.54, 1.807) is 0 Å². The Morgan fingerprint density at radius 3 is 1.94 bits per heavy atom. The van der Waals surface area contributed by atoms with Gasteiger partial charge in [-0.1, -0.05) is 177 Å². The highest BCUT2D eigenvalue weighted by Gasteiger charge is 2.36. The average Bonchev–Trinajstić information content (AvgIpc) is 3.92. The normalized spacial score (nSPS) is 16.0. The van der Waals surface area contributed by atoms with E-state index < -0.39 is 0 Å². The van der Waals surface area contributed by atoms with Gasteiger partial charge in [0.25, 0.3) is 0 Å². The number of amidine groups is 1. The summed E-state index contributed by atoms with van der Waals surface area (Å²) in [6.07, 6.45) is 7.59. The van der Waals surface area contributed by atoms with Crippen molar-refractivity contribution in [3.05, 3.63) is 253 Å². The van der Waals surface area contributed by atoms with Crippen molar-refractivity contribution in [3.8, 4) is 11.4 Å². The third-order valence-electron chi connectivity index (χ3n) is 15.5. The number of benzene rings is 11. The molecule has 0 bridgehead atoms. The van der Waals surface area contributed by atoms with Gasteiger partial charge < -0.3 is 9.13 Å². The lowest BCUT2D eigenvalue weighted by Crippen LogP contribution is -2.43. The highest BCUT2D eigenvalue weighted by molar-refractivity contribution is 6.22. The Morgan fingerprint density at radius 2 is 1.10 bits per heavy atom. The van der Waals surface area contributed by atoms with Crippen LogP contribution in [0.5, 0.6) is 0 Å². The predicted octanol–water partition coefficient (Wildman–Crippen LogP) is 17.4. The highest BCUT2D eigenvalue weighted by Crippen LogP contribution is 2.46. The summed E-state index contributed by atoms with van der Waals surface area (Å²) >= 11 is 0. The molecule has 15 rings (SSSR count). The van der Waals surface area contributed by atoms with E-state index in [0.29, 0.717) is 5.92 Å². The molecule has 0 N–H and O–H groups in total. The summed E-state index contributed by atoms with van der Waals surface area (Å²) < 4.78 is 4.97. The lowest BCUT2D eigenvalue weighted by Gasteiger charge is -2.41. The minimum atomic E-state index is -0.226. The van der Waals surface area contributed by atoms with E-state index in [2.05, 4.69) is 258 Å². The summed E-state index contributed by atoms with van der Waals surface area (Å²) in [6, 6.07) is 80.9. The average molecular weight is 907 g/mol. The molecule has 0 radical (unpaired) electrons. The monoisotopic (exact) mass is 906 g/mol. The van der Waals surface area contributed by atoms with Crippen molar-refractivity contribution in [1.82, 2.24) is 9.13 Å². The molecule has 4 nitrogen and oxygen atoms in total. The number of rotatable bonds is 6. The lowest BCUT2D eigenvalue weighted by atomic mass is 9.88. The van der Waals surface area contributed by atoms with Crippen LogP contribution < -0.4 is 4.90 Å². The Labute approximate surface area is 411 Å². The number of para-hydroxylation sites is 1. The fraction of sp³-hybridized carbons (Fsp3) is 0.0597. The topological polar surface area (TPSA) is 25.5 Å². The highest BCUT2D eigenvalue weighted by atomic mass is 15.4. The molecule has 334 valence electrons. The van der Waals surface area contributed by atoms with Crippen LogP contribution in [0.15, 0.2) is 242 Å². The molecule has 2 atom stereocenters. The molecule has 2 aromatic heterocycles. The molecule has 71 heavy (non-hydrogen) atoms. The Morgan fingerprint density at radius 1 is 0.423 bits per heavy atom. The maximum Gasteiger partial charge on any atom is 0.155 e. The molecule has 0 saturated carbocycles. The Hall–Kier alpha value is -8.99. The zero-order valence-corrected chi connectivity index (χ0v) is 39.2. The molecule has 4 heteroatoms. The van der Waals surface area contributed by atoms with Gasteiger partial charge in [-0.3, -0.25) is 4.90 Å². The number of aliphatic imine (C=N–C) groups is 1. The second-order valence-corrected chi connectivity index (χ2v) is 19.5. The molecular formula is C67H46N4. The second-order valence-electron chi connectivity index (χ2n) is 19.5. The van der Waals surface area contributed by atoms with Crippen LogP contribution in [0, 0.1) is 5.92 Å². The predicted molar refractivity (Wildman–Crippen MR) is 301 cm³/mol. The zero-order valence-electron chi connectivity index (χ0n) is 39.2. The van der Waals surface area contributed by atoms with E-state index in [1.165, 1.54) is 103 Å². The van der Waals surface area contributed by atoms with Crippen LogP contribution in [-0.2, 0) is 0 Å². The Bertz CT molecular complexity index is 4480. The van der Waals surface area contributed by atoms with Crippen molar-refractivity contribution in [3.63, 3.8) is 0 Å². The maximum atomic E-state index is 5.56. The van der Waals surface area contributed by atoms with Crippen molar-refractivity contribution in [2.45, 2.75) is 19.5 Å². The first-order chi connectivity index (χ1) is 35.1. The molecule has 2 unspecified atom stereocenters. The van der Waals surface area contributed by atoms with Gasteiger partial charge in [0.05, 0.1) is 27.8 Å². The Kier molecular flexibility index (Phi) is 8.73. The van der Waals surface area contributed by atoms with E-state index in [0.717, 1.165) is 34.9 Å². The number of anilines is 1. The molecule has 0 saturated heterocycles. The van der Waals surface area contributed by atoms with E-state index in [1.807, 2.05) is 0 Å². The smallest absolute Gasteiger partial charge is 0.155 e. The molecule has 1 aliphatic carbocycles. The van der Waals surface area contributed by atoms with Gasteiger partial charge in [-0.2, -0.15) is 0 Å². The van der Waals surface area contributed by atoms with E-state index in [4.69, 9.17) is 4.99 Å². The van der Waals surface area contributed by atoms with Crippen molar-refractivity contribution in [1.29, 1.82) is 0 Å². The summed E-state index contributed by atoms with van der Waals surface area (Å²) in [4.78, 5) is 8.02. The molecule has 11 aromatic carbocycles. The van der Waals surface area contributed by atoms with Crippen molar-refractivity contribution >= 4 is 104 Å². The van der Waals surface area contributed by atoms with Gasteiger partial charge in [-0.15, -0.1) is 0 Å².